The second-order valence-electron chi connectivity index (χ2n) is 4.13. The summed E-state index contributed by atoms with van der Waals surface area (Å²) in [6.45, 7) is 2.26. The summed E-state index contributed by atoms with van der Waals surface area (Å²) in [7, 11) is 0. The SMILES string of the molecule is C[C@@H]([NH2+]CC(=O)Nc1cccnc1Cl)c1ccco1. The molecule has 0 aliphatic rings. The average Bonchev–Trinajstić information content (AvgIpc) is 2.93. The highest BCUT2D eigenvalue weighted by Crippen LogP contribution is 2.16. The van der Waals surface area contributed by atoms with Crippen LogP contribution in [0.1, 0.15) is 18.7 Å². The minimum Gasteiger partial charge on any atom is -0.463 e. The number of hydrogen-bond acceptors (Lipinski definition) is 3. The van der Waals surface area contributed by atoms with Gasteiger partial charge < -0.3 is 15.1 Å². The van der Waals surface area contributed by atoms with Gasteiger partial charge >= 0.3 is 0 Å². The fourth-order valence-electron chi connectivity index (χ4n) is 1.63. The Labute approximate surface area is 116 Å². The minimum absolute atomic E-state index is 0.0881. The highest BCUT2D eigenvalue weighted by molar-refractivity contribution is 6.32. The molecule has 2 heterocycles. The Morgan fingerprint density at radius 1 is 1.53 bits per heavy atom. The summed E-state index contributed by atoms with van der Waals surface area (Å²) in [4.78, 5) is 15.7. The monoisotopic (exact) mass is 280 g/mol. The van der Waals surface area contributed by atoms with Gasteiger partial charge in [-0.15, -0.1) is 0 Å². The molecule has 0 saturated carbocycles. The van der Waals surface area contributed by atoms with Crippen LogP contribution >= 0.6 is 11.6 Å². The first-order valence-corrected chi connectivity index (χ1v) is 6.31. The standard InChI is InChI=1S/C13H14ClN3O2/c1-9(11-5-3-7-19-11)16-8-12(18)17-10-4-2-6-15-13(10)14/h2-7,9,16H,8H2,1H3,(H,17,18)/p+1/t9-/m1/s1. The number of anilines is 1. The second-order valence-corrected chi connectivity index (χ2v) is 4.49. The molecule has 0 aliphatic heterocycles. The van der Waals surface area contributed by atoms with Gasteiger partial charge in [-0.3, -0.25) is 4.79 Å². The molecule has 0 unspecified atom stereocenters. The Bertz CT molecular complexity index is 543. The Morgan fingerprint density at radius 3 is 3.05 bits per heavy atom. The van der Waals surface area contributed by atoms with E-state index >= 15 is 0 Å². The van der Waals surface area contributed by atoms with Crippen molar-refractivity contribution in [2.75, 3.05) is 11.9 Å². The van der Waals surface area contributed by atoms with Crippen LogP contribution in [0.3, 0.4) is 0 Å². The second kappa shape index (κ2) is 6.36. The fourth-order valence-corrected chi connectivity index (χ4v) is 1.80. The molecule has 0 fully saturated rings. The van der Waals surface area contributed by atoms with Gasteiger partial charge in [0.1, 0.15) is 6.04 Å². The number of nitrogens with two attached hydrogens (primary N) is 1. The quantitative estimate of drug-likeness (QED) is 0.817. The maximum Gasteiger partial charge on any atom is 0.279 e. The van der Waals surface area contributed by atoms with Crippen molar-refractivity contribution in [3.8, 4) is 0 Å². The van der Waals surface area contributed by atoms with Gasteiger partial charge in [0.05, 0.1) is 12.0 Å². The molecule has 100 valence electrons. The Balaban J connectivity index is 1.84. The molecule has 3 N–H and O–H groups in total. The number of hydrogen-bond donors (Lipinski definition) is 2. The number of quaternary nitrogens is 1. The molecule has 2 aromatic rings. The molecule has 0 radical (unpaired) electrons. The molecule has 2 rings (SSSR count). The van der Waals surface area contributed by atoms with Crippen molar-refractivity contribution >= 4 is 23.2 Å². The number of nitrogens with one attached hydrogen (secondary N) is 1. The van der Waals surface area contributed by atoms with Crippen LogP contribution < -0.4 is 10.6 Å². The van der Waals surface area contributed by atoms with Crippen molar-refractivity contribution in [2.45, 2.75) is 13.0 Å². The van der Waals surface area contributed by atoms with Gasteiger partial charge in [-0.25, -0.2) is 4.98 Å². The van der Waals surface area contributed by atoms with Gasteiger partial charge in [0.15, 0.2) is 17.5 Å². The smallest absolute Gasteiger partial charge is 0.279 e. The predicted octanol–water partition coefficient (Wildman–Crippen LogP) is 1.59. The third-order valence-corrected chi connectivity index (χ3v) is 2.98. The molecule has 0 spiro atoms. The molecule has 19 heavy (non-hydrogen) atoms. The lowest BCUT2D eigenvalue weighted by Gasteiger charge is -2.09. The number of furan rings is 1. The molecule has 1 atom stereocenters. The van der Waals surface area contributed by atoms with E-state index in [1.807, 2.05) is 24.4 Å². The summed E-state index contributed by atoms with van der Waals surface area (Å²) in [5, 5.41) is 4.89. The van der Waals surface area contributed by atoms with Crippen molar-refractivity contribution in [3.63, 3.8) is 0 Å². The van der Waals surface area contributed by atoms with Crippen molar-refractivity contribution in [1.82, 2.24) is 4.98 Å². The first-order chi connectivity index (χ1) is 9.16. The summed E-state index contributed by atoms with van der Waals surface area (Å²) in [5.74, 6) is 0.709. The largest absolute Gasteiger partial charge is 0.463 e. The van der Waals surface area contributed by atoms with Crippen LogP contribution in [0, 0.1) is 0 Å². The topological polar surface area (TPSA) is 71.7 Å². The predicted molar refractivity (Wildman–Crippen MR) is 71.8 cm³/mol. The van der Waals surface area contributed by atoms with E-state index < -0.39 is 0 Å². The number of pyridine rings is 1. The first-order valence-electron chi connectivity index (χ1n) is 5.94. The van der Waals surface area contributed by atoms with E-state index in [0.29, 0.717) is 5.69 Å². The molecule has 0 saturated heterocycles. The summed E-state index contributed by atoms with van der Waals surface area (Å²) in [6, 6.07) is 7.23. The molecular weight excluding hydrogens is 266 g/mol. The molecule has 2 aromatic heterocycles. The van der Waals surface area contributed by atoms with Gasteiger partial charge in [-0.05, 0) is 31.2 Å². The van der Waals surface area contributed by atoms with Gasteiger partial charge in [0.25, 0.3) is 5.91 Å². The zero-order valence-electron chi connectivity index (χ0n) is 10.5. The lowest BCUT2D eigenvalue weighted by molar-refractivity contribution is -0.684. The van der Waals surface area contributed by atoms with Gasteiger partial charge in [-0.2, -0.15) is 0 Å². The number of nitrogens with zero attached hydrogens (tertiary/aromatic N) is 1. The van der Waals surface area contributed by atoms with Crippen LogP contribution in [0.25, 0.3) is 0 Å². The van der Waals surface area contributed by atoms with Gasteiger partial charge in [0, 0.05) is 6.20 Å². The molecule has 0 aromatic carbocycles. The zero-order chi connectivity index (χ0) is 13.7. The number of amides is 1. The maximum absolute atomic E-state index is 11.8. The molecule has 5 nitrogen and oxygen atoms in total. The summed E-state index contributed by atoms with van der Waals surface area (Å²) in [5.41, 5.74) is 0.521. The van der Waals surface area contributed by atoms with Crippen LogP contribution in [0.5, 0.6) is 0 Å². The number of carbonyl (C=O) groups is 1. The van der Waals surface area contributed by atoms with Crippen molar-refractivity contribution < 1.29 is 14.5 Å². The van der Waals surface area contributed by atoms with E-state index in [-0.39, 0.29) is 23.6 Å². The molecule has 0 aliphatic carbocycles. The Morgan fingerprint density at radius 2 is 2.37 bits per heavy atom. The van der Waals surface area contributed by atoms with Crippen molar-refractivity contribution in [2.24, 2.45) is 0 Å². The van der Waals surface area contributed by atoms with E-state index in [9.17, 15) is 4.79 Å². The maximum atomic E-state index is 11.8. The number of carbonyl (C=O) groups excluding carboxylic acids is 1. The highest BCUT2D eigenvalue weighted by atomic mass is 35.5. The van der Waals surface area contributed by atoms with Crippen LogP contribution in [-0.4, -0.2) is 17.4 Å². The zero-order valence-corrected chi connectivity index (χ0v) is 11.2. The van der Waals surface area contributed by atoms with Crippen LogP contribution in [0.4, 0.5) is 5.69 Å². The van der Waals surface area contributed by atoms with Crippen molar-refractivity contribution in [1.29, 1.82) is 0 Å². The Kier molecular flexibility index (Phi) is 4.54. The third kappa shape index (κ3) is 3.81. The summed E-state index contributed by atoms with van der Waals surface area (Å²) < 4.78 is 5.27. The van der Waals surface area contributed by atoms with E-state index in [2.05, 4.69) is 10.3 Å². The molecule has 6 heteroatoms. The van der Waals surface area contributed by atoms with E-state index in [4.69, 9.17) is 16.0 Å². The van der Waals surface area contributed by atoms with Crippen LogP contribution in [0.2, 0.25) is 5.15 Å². The van der Waals surface area contributed by atoms with Gasteiger partial charge in [0.2, 0.25) is 0 Å². The molecule has 1 amide bonds. The van der Waals surface area contributed by atoms with Crippen LogP contribution in [0.15, 0.2) is 41.1 Å². The Hall–Kier alpha value is -1.85. The fraction of sp³-hybridized carbons (Fsp3) is 0.231. The molecular formula is C13H15ClN3O2+. The lowest BCUT2D eigenvalue weighted by Crippen LogP contribution is -2.86. The van der Waals surface area contributed by atoms with E-state index in [0.717, 1.165) is 5.76 Å². The summed E-state index contributed by atoms with van der Waals surface area (Å²) >= 11 is 5.86. The van der Waals surface area contributed by atoms with E-state index in [1.165, 1.54) is 0 Å². The van der Waals surface area contributed by atoms with E-state index in [1.54, 1.807) is 24.6 Å². The third-order valence-electron chi connectivity index (χ3n) is 2.68. The minimum atomic E-state index is -0.131. The van der Waals surface area contributed by atoms with Crippen molar-refractivity contribution in [3.05, 3.63) is 47.6 Å². The number of halogens is 1. The number of rotatable bonds is 5. The lowest BCUT2D eigenvalue weighted by atomic mass is 10.2. The number of aromatic nitrogens is 1. The average molecular weight is 281 g/mol. The first kappa shape index (κ1) is 13.6. The normalized spacial score (nSPS) is 12.1. The van der Waals surface area contributed by atoms with Crippen LogP contribution in [-0.2, 0) is 4.79 Å². The highest BCUT2D eigenvalue weighted by Gasteiger charge is 2.14. The molecule has 0 bridgehead atoms. The summed E-state index contributed by atoms with van der Waals surface area (Å²) in [6.07, 6.45) is 3.19. The van der Waals surface area contributed by atoms with Gasteiger partial charge in [-0.1, -0.05) is 11.6 Å².